The molecule has 0 aromatic heterocycles. The molecule has 0 aliphatic heterocycles. The van der Waals surface area contributed by atoms with Crippen molar-refractivity contribution in [2.24, 2.45) is 28.8 Å². The zero-order valence-corrected chi connectivity index (χ0v) is 11.3. The largest absolute Gasteiger partial charge is 0.276 e. The van der Waals surface area contributed by atoms with Crippen molar-refractivity contribution < 1.29 is 8.42 Å². The number of hydrazone groups is 1. The minimum absolute atomic E-state index is 0.270. The molecule has 3 saturated carbocycles. The number of benzene rings is 1. The van der Waals surface area contributed by atoms with Gasteiger partial charge in [0.15, 0.2) is 0 Å². The molecule has 4 nitrogen and oxygen atoms in total. The van der Waals surface area contributed by atoms with Crippen LogP contribution in [0.25, 0.3) is 0 Å². The predicted molar refractivity (Wildman–Crippen MR) is 72.0 cm³/mol. The average Bonchev–Trinajstić information content (AvgIpc) is 3.04. The molecule has 19 heavy (non-hydrogen) atoms. The van der Waals surface area contributed by atoms with Crippen molar-refractivity contribution >= 4 is 15.7 Å². The molecule has 3 aliphatic rings. The van der Waals surface area contributed by atoms with Crippen LogP contribution in [0, 0.1) is 23.7 Å². The Morgan fingerprint density at radius 1 is 1.11 bits per heavy atom. The van der Waals surface area contributed by atoms with Gasteiger partial charge in [-0.3, -0.25) is 0 Å². The van der Waals surface area contributed by atoms with Crippen molar-refractivity contribution in [3.05, 3.63) is 30.3 Å². The van der Waals surface area contributed by atoms with Crippen molar-refractivity contribution in [1.82, 2.24) is 4.83 Å². The van der Waals surface area contributed by atoms with Crippen molar-refractivity contribution in [2.45, 2.75) is 24.2 Å². The number of hydrogen-bond donors (Lipinski definition) is 1. The van der Waals surface area contributed by atoms with Gasteiger partial charge in [-0.05, 0) is 49.1 Å². The minimum atomic E-state index is -3.51. The molecule has 1 aromatic carbocycles. The van der Waals surface area contributed by atoms with Crippen LogP contribution in [0.3, 0.4) is 0 Å². The number of fused-ring (bicyclic) bond motifs is 5. The van der Waals surface area contributed by atoms with Gasteiger partial charge < -0.3 is 0 Å². The standard InChI is InChI=1S/C14H16N2O2S/c17-19(18,10-4-2-1-3-5-10)16-15-14-7-9-6-13(14)12-8-11(9)12/h1-5,9,11-13,16H,6-8H2/b15-14-. The van der Waals surface area contributed by atoms with E-state index in [0.717, 1.165) is 29.9 Å². The second-order valence-electron chi connectivity index (χ2n) is 5.88. The Kier molecular flexibility index (Phi) is 2.31. The fourth-order valence-corrected chi connectivity index (χ4v) is 4.71. The first-order valence-corrected chi connectivity index (χ1v) is 8.27. The molecule has 4 rings (SSSR count). The third-order valence-corrected chi connectivity index (χ3v) is 6.06. The molecule has 1 aromatic rings. The summed E-state index contributed by atoms with van der Waals surface area (Å²) in [6.45, 7) is 0. The Morgan fingerprint density at radius 2 is 1.89 bits per heavy atom. The molecule has 0 spiro atoms. The Morgan fingerprint density at radius 3 is 2.58 bits per heavy atom. The lowest BCUT2D eigenvalue weighted by molar-refractivity contribution is 0.522. The van der Waals surface area contributed by atoms with Crippen LogP contribution < -0.4 is 4.83 Å². The lowest BCUT2D eigenvalue weighted by Crippen LogP contribution is -2.23. The zero-order valence-electron chi connectivity index (χ0n) is 10.5. The maximum absolute atomic E-state index is 12.1. The highest BCUT2D eigenvalue weighted by atomic mass is 32.2. The van der Waals surface area contributed by atoms with Gasteiger partial charge in [0.2, 0.25) is 0 Å². The number of sulfonamides is 1. The van der Waals surface area contributed by atoms with Crippen LogP contribution in [0.1, 0.15) is 19.3 Å². The predicted octanol–water partition coefficient (Wildman–Crippen LogP) is 2.00. The van der Waals surface area contributed by atoms with Crippen LogP contribution in [-0.4, -0.2) is 14.1 Å². The number of rotatable bonds is 3. The SMILES string of the molecule is O=S(=O)(N/N=C1/CC2CC1C1CC21)c1ccccc1. The molecule has 0 amide bonds. The maximum Gasteiger partial charge on any atom is 0.276 e. The number of nitrogens with zero attached hydrogens (tertiary/aromatic N) is 1. The first kappa shape index (κ1) is 11.5. The summed E-state index contributed by atoms with van der Waals surface area (Å²) in [5.41, 5.74) is 1.07. The summed E-state index contributed by atoms with van der Waals surface area (Å²) >= 11 is 0. The van der Waals surface area contributed by atoms with Crippen molar-refractivity contribution in [3.63, 3.8) is 0 Å². The highest BCUT2D eigenvalue weighted by molar-refractivity contribution is 7.89. The van der Waals surface area contributed by atoms with E-state index < -0.39 is 10.0 Å². The topological polar surface area (TPSA) is 58.5 Å². The number of hydrogen-bond acceptors (Lipinski definition) is 3. The summed E-state index contributed by atoms with van der Waals surface area (Å²) in [6.07, 6.45) is 3.55. The van der Waals surface area contributed by atoms with Crippen LogP contribution in [0.4, 0.5) is 0 Å². The summed E-state index contributed by atoms with van der Waals surface area (Å²) in [5.74, 6) is 3.05. The average molecular weight is 276 g/mol. The highest BCUT2D eigenvalue weighted by Gasteiger charge is 2.60. The van der Waals surface area contributed by atoms with E-state index in [1.165, 1.54) is 12.8 Å². The zero-order chi connectivity index (χ0) is 13.0. The van der Waals surface area contributed by atoms with Crippen molar-refractivity contribution in [1.29, 1.82) is 0 Å². The Balaban J connectivity index is 1.53. The van der Waals surface area contributed by atoms with Crippen molar-refractivity contribution in [3.8, 4) is 0 Å². The van der Waals surface area contributed by atoms with Crippen LogP contribution in [-0.2, 0) is 10.0 Å². The molecule has 1 N–H and O–H groups in total. The third-order valence-electron chi connectivity index (χ3n) is 4.83. The molecule has 0 heterocycles. The molecule has 4 atom stereocenters. The van der Waals surface area contributed by atoms with Gasteiger partial charge in [-0.25, -0.2) is 4.83 Å². The molecule has 3 fully saturated rings. The molecular formula is C14H16N2O2S. The monoisotopic (exact) mass is 276 g/mol. The highest BCUT2D eigenvalue weighted by Crippen LogP contribution is 2.64. The van der Waals surface area contributed by atoms with E-state index in [9.17, 15) is 8.42 Å². The Hall–Kier alpha value is -1.36. The maximum atomic E-state index is 12.1. The van der Waals surface area contributed by atoms with E-state index in [4.69, 9.17) is 0 Å². The first-order chi connectivity index (χ1) is 9.15. The Labute approximate surface area is 113 Å². The van der Waals surface area contributed by atoms with E-state index in [2.05, 4.69) is 9.93 Å². The van der Waals surface area contributed by atoms with E-state index in [0.29, 0.717) is 5.92 Å². The molecule has 4 unspecified atom stereocenters. The summed E-state index contributed by atoms with van der Waals surface area (Å²) in [4.78, 5) is 2.67. The molecule has 100 valence electrons. The lowest BCUT2D eigenvalue weighted by atomic mass is 9.99. The second kappa shape index (κ2) is 3.82. The molecule has 5 heteroatoms. The summed E-state index contributed by atoms with van der Waals surface area (Å²) < 4.78 is 24.1. The fraction of sp³-hybridized carbons (Fsp3) is 0.500. The molecule has 0 radical (unpaired) electrons. The van der Waals surface area contributed by atoms with E-state index in [1.54, 1.807) is 30.3 Å². The smallest absolute Gasteiger partial charge is 0.200 e. The third kappa shape index (κ3) is 1.79. The fourth-order valence-electron chi connectivity index (χ4n) is 3.85. The molecule has 0 saturated heterocycles. The van der Waals surface area contributed by atoms with Crippen LogP contribution in [0.2, 0.25) is 0 Å². The van der Waals surface area contributed by atoms with Crippen molar-refractivity contribution in [2.75, 3.05) is 0 Å². The van der Waals surface area contributed by atoms with Crippen LogP contribution >= 0.6 is 0 Å². The summed E-state index contributed by atoms with van der Waals surface area (Å²) in [5, 5.41) is 4.21. The van der Waals surface area contributed by atoms with E-state index >= 15 is 0 Å². The first-order valence-electron chi connectivity index (χ1n) is 6.78. The quantitative estimate of drug-likeness (QED) is 0.858. The van der Waals surface area contributed by atoms with Crippen LogP contribution in [0.15, 0.2) is 40.3 Å². The number of nitrogens with one attached hydrogen (secondary N) is 1. The van der Waals surface area contributed by atoms with Gasteiger partial charge in [0.1, 0.15) is 0 Å². The van der Waals surface area contributed by atoms with E-state index in [1.807, 2.05) is 0 Å². The van der Waals surface area contributed by atoms with Gasteiger partial charge in [-0.1, -0.05) is 18.2 Å². The summed E-state index contributed by atoms with van der Waals surface area (Å²) in [6, 6.07) is 8.40. The Bertz CT molecular complexity index is 639. The van der Waals surface area contributed by atoms with E-state index in [-0.39, 0.29) is 4.90 Å². The van der Waals surface area contributed by atoms with Gasteiger partial charge in [0.05, 0.1) is 4.90 Å². The second-order valence-corrected chi connectivity index (χ2v) is 7.54. The summed E-state index contributed by atoms with van der Waals surface area (Å²) in [7, 11) is -3.51. The molecular weight excluding hydrogens is 260 g/mol. The molecule has 2 bridgehead atoms. The van der Waals surface area contributed by atoms with Gasteiger partial charge in [-0.15, -0.1) is 0 Å². The minimum Gasteiger partial charge on any atom is -0.200 e. The lowest BCUT2D eigenvalue weighted by Gasteiger charge is -2.12. The van der Waals surface area contributed by atoms with Gasteiger partial charge >= 0.3 is 0 Å². The van der Waals surface area contributed by atoms with Gasteiger partial charge in [0, 0.05) is 11.6 Å². The van der Waals surface area contributed by atoms with Gasteiger partial charge in [0.25, 0.3) is 10.0 Å². The molecule has 3 aliphatic carbocycles. The normalized spacial score (nSPS) is 37.4. The van der Waals surface area contributed by atoms with Gasteiger partial charge in [-0.2, -0.15) is 13.5 Å². The van der Waals surface area contributed by atoms with Crippen LogP contribution in [0.5, 0.6) is 0 Å².